The highest BCUT2D eigenvalue weighted by Gasteiger charge is 2.32. The lowest BCUT2D eigenvalue weighted by Gasteiger charge is -2.33. The topological polar surface area (TPSA) is 84.7 Å². The first-order valence-electron chi connectivity index (χ1n) is 8.15. The van der Waals surface area contributed by atoms with E-state index in [1.165, 1.54) is 6.33 Å². The first-order valence-corrected chi connectivity index (χ1v) is 8.15. The van der Waals surface area contributed by atoms with Crippen LogP contribution >= 0.6 is 0 Å². The molecule has 0 bridgehead atoms. The van der Waals surface area contributed by atoms with Gasteiger partial charge in [0.1, 0.15) is 18.7 Å². The summed E-state index contributed by atoms with van der Waals surface area (Å²) in [5.41, 5.74) is 0.659. The lowest BCUT2D eigenvalue weighted by molar-refractivity contribution is -0.140. The molecule has 1 amide bonds. The molecule has 0 aliphatic carbocycles. The molecule has 2 aromatic heterocycles. The second-order valence-corrected chi connectivity index (χ2v) is 6.13. The molecule has 1 aliphatic heterocycles. The number of nitrogens with one attached hydrogen (secondary N) is 1. The highest BCUT2D eigenvalue weighted by atomic mass is 19.4. The monoisotopic (exact) mass is 372 g/mol. The molecule has 3 heterocycles. The summed E-state index contributed by atoms with van der Waals surface area (Å²) in [6, 6.07) is 1.79. The van der Waals surface area contributed by atoms with Crippen LogP contribution in [0.2, 0.25) is 0 Å². The van der Waals surface area contributed by atoms with Gasteiger partial charge >= 0.3 is 6.18 Å². The molecular weight excluding hydrogens is 353 g/mol. The molecule has 0 spiro atoms. The van der Waals surface area contributed by atoms with Crippen LogP contribution in [-0.4, -0.2) is 58.4 Å². The Morgan fingerprint density at radius 3 is 3.00 bits per heavy atom. The van der Waals surface area contributed by atoms with Crippen molar-refractivity contribution in [3.05, 3.63) is 18.1 Å². The summed E-state index contributed by atoms with van der Waals surface area (Å²) in [6.07, 6.45) is -1.82. The number of hydrogen-bond donors (Lipinski definition) is 1. The van der Waals surface area contributed by atoms with Crippen molar-refractivity contribution in [2.45, 2.75) is 25.6 Å². The predicted molar refractivity (Wildman–Crippen MR) is 85.5 cm³/mol. The molecule has 3 rings (SSSR count). The van der Waals surface area contributed by atoms with Crippen molar-refractivity contribution < 1.29 is 22.7 Å². The Kier molecular flexibility index (Phi) is 5.25. The molecule has 1 N–H and O–H groups in total. The van der Waals surface area contributed by atoms with Crippen LogP contribution in [0.5, 0.6) is 0 Å². The van der Waals surface area contributed by atoms with E-state index in [1.54, 1.807) is 17.7 Å². The van der Waals surface area contributed by atoms with Crippen molar-refractivity contribution in [1.82, 2.24) is 24.9 Å². The van der Waals surface area contributed by atoms with Crippen LogP contribution in [0.4, 0.5) is 19.0 Å². The number of anilines is 1. The Morgan fingerprint density at radius 2 is 2.27 bits per heavy atom. The molecule has 26 heavy (non-hydrogen) atoms. The smallest absolute Gasteiger partial charge is 0.378 e. The van der Waals surface area contributed by atoms with Gasteiger partial charge in [-0.25, -0.2) is 4.98 Å². The molecule has 1 fully saturated rings. The number of aromatic nitrogens is 4. The van der Waals surface area contributed by atoms with Crippen LogP contribution in [0, 0.1) is 5.92 Å². The normalized spacial score (nSPS) is 18.3. The number of ether oxygens (including phenoxy) is 1. The molecule has 0 aromatic carbocycles. The van der Waals surface area contributed by atoms with E-state index in [9.17, 15) is 18.0 Å². The van der Waals surface area contributed by atoms with Crippen LogP contribution < -0.4 is 10.2 Å². The van der Waals surface area contributed by atoms with E-state index in [-0.39, 0.29) is 0 Å². The zero-order valence-electron chi connectivity index (χ0n) is 14.2. The van der Waals surface area contributed by atoms with Gasteiger partial charge in [0, 0.05) is 26.3 Å². The molecule has 1 unspecified atom stereocenters. The van der Waals surface area contributed by atoms with Crippen molar-refractivity contribution in [1.29, 1.82) is 0 Å². The number of piperidine rings is 1. The average Bonchev–Trinajstić information content (AvgIpc) is 3.07. The third-order valence-corrected chi connectivity index (χ3v) is 4.16. The lowest BCUT2D eigenvalue weighted by atomic mass is 9.97. The van der Waals surface area contributed by atoms with Gasteiger partial charge in [0.05, 0.1) is 18.2 Å². The van der Waals surface area contributed by atoms with Crippen molar-refractivity contribution in [2.24, 2.45) is 5.92 Å². The van der Waals surface area contributed by atoms with Gasteiger partial charge < -0.3 is 15.0 Å². The first kappa shape index (κ1) is 18.4. The molecule has 0 saturated carbocycles. The van der Waals surface area contributed by atoms with Crippen molar-refractivity contribution in [3.63, 3.8) is 0 Å². The Balaban J connectivity index is 1.78. The number of rotatable bonds is 5. The maximum Gasteiger partial charge on any atom is 0.405 e. The van der Waals surface area contributed by atoms with Gasteiger partial charge in [-0.05, 0) is 12.8 Å². The van der Waals surface area contributed by atoms with Gasteiger partial charge in [-0.1, -0.05) is 0 Å². The highest BCUT2D eigenvalue weighted by Crippen LogP contribution is 2.24. The second kappa shape index (κ2) is 7.44. The zero-order valence-corrected chi connectivity index (χ0v) is 14.2. The maximum absolute atomic E-state index is 12.3. The van der Waals surface area contributed by atoms with E-state index in [0.717, 1.165) is 0 Å². The SMILES string of the molecule is COCc1cc(N2CCCC(C(=O)NCC(F)(F)F)C2)n2ncnc2n1. The van der Waals surface area contributed by atoms with Gasteiger partial charge in [-0.15, -0.1) is 0 Å². The Labute approximate surface area is 147 Å². The third kappa shape index (κ3) is 4.21. The number of alkyl halides is 3. The molecule has 1 saturated heterocycles. The van der Waals surface area contributed by atoms with Gasteiger partial charge in [0.25, 0.3) is 5.78 Å². The van der Waals surface area contributed by atoms with Crippen LogP contribution in [-0.2, 0) is 16.1 Å². The van der Waals surface area contributed by atoms with E-state index >= 15 is 0 Å². The number of hydrogen-bond acceptors (Lipinski definition) is 6. The van der Waals surface area contributed by atoms with E-state index in [4.69, 9.17) is 4.74 Å². The number of methoxy groups -OCH3 is 1. The van der Waals surface area contributed by atoms with Crippen LogP contribution in [0.1, 0.15) is 18.5 Å². The fourth-order valence-corrected chi connectivity index (χ4v) is 3.02. The maximum atomic E-state index is 12.3. The Bertz CT molecular complexity index is 778. The van der Waals surface area contributed by atoms with Gasteiger partial charge in [0.2, 0.25) is 5.91 Å². The van der Waals surface area contributed by atoms with Crippen LogP contribution in [0.25, 0.3) is 5.78 Å². The summed E-state index contributed by atoms with van der Waals surface area (Å²) < 4.78 is 43.6. The molecule has 2 aromatic rings. The zero-order chi connectivity index (χ0) is 18.7. The highest BCUT2D eigenvalue weighted by molar-refractivity contribution is 5.79. The van der Waals surface area contributed by atoms with E-state index in [0.29, 0.717) is 49.8 Å². The van der Waals surface area contributed by atoms with Crippen molar-refractivity contribution >= 4 is 17.5 Å². The Morgan fingerprint density at radius 1 is 1.46 bits per heavy atom. The van der Waals surface area contributed by atoms with Gasteiger partial charge in [0.15, 0.2) is 0 Å². The fourth-order valence-electron chi connectivity index (χ4n) is 3.02. The summed E-state index contributed by atoms with van der Waals surface area (Å²) >= 11 is 0. The minimum Gasteiger partial charge on any atom is -0.378 e. The predicted octanol–water partition coefficient (Wildman–Crippen LogP) is 1.17. The van der Waals surface area contributed by atoms with Gasteiger partial charge in [-0.2, -0.15) is 27.8 Å². The van der Waals surface area contributed by atoms with E-state index in [1.807, 2.05) is 10.2 Å². The Hall–Kier alpha value is -2.43. The number of amides is 1. The summed E-state index contributed by atoms with van der Waals surface area (Å²) in [4.78, 5) is 22.4. The van der Waals surface area contributed by atoms with E-state index < -0.39 is 24.5 Å². The largest absolute Gasteiger partial charge is 0.405 e. The number of halogens is 3. The number of fused-ring (bicyclic) bond motifs is 1. The third-order valence-electron chi connectivity index (χ3n) is 4.16. The van der Waals surface area contributed by atoms with Crippen molar-refractivity contribution in [2.75, 3.05) is 31.6 Å². The minimum atomic E-state index is -4.42. The van der Waals surface area contributed by atoms with Gasteiger partial charge in [-0.3, -0.25) is 4.79 Å². The quantitative estimate of drug-likeness (QED) is 0.848. The fraction of sp³-hybridized carbons (Fsp3) is 0.600. The molecule has 0 radical (unpaired) electrons. The summed E-state index contributed by atoms with van der Waals surface area (Å²) in [6.45, 7) is -0.0634. The standard InChI is InChI=1S/C15H19F3N6O2/c1-26-7-11-5-12(24-14(22-11)20-9-21-24)23-4-2-3-10(6-23)13(25)19-8-15(16,17)18/h5,9-10H,2-4,6-8H2,1H3,(H,19,25). The van der Waals surface area contributed by atoms with Crippen LogP contribution in [0.15, 0.2) is 12.4 Å². The van der Waals surface area contributed by atoms with Crippen LogP contribution in [0.3, 0.4) is 0 Å². The second-order valence-electron chi connectivity index (χ2n) is 6.13. The van der Waals surface area contributed by atoms with E-state index in [2.05, 4.69) is 15.1 Å². The van der Waals surface area contributed by atoms with Crippen molar-refractivity contribution in [3.8, 4) is 0 Å². The lowest BCUT2D eigenvalue weighted by Crippen LogP contribution is -2.45. The molecule has 1 atom stereocenters. The number of nitrogens with zero attached hydrogens (tertiary/aromatic N) is 5. The summed E-state index contributed by atoms with van der Waals surface area (Å²) in [7, 11) is 1.55. The minimum absolute atomic E-state index is 0.291. The molecular formula is C15H19F3N6O2. The molecule has 8 nitrogen and oxygen atoms in total. The molecule has 1 aliphatic rings. The summed E-state index contributed by atoms with van der Waals surface area (Å²) in [5.74, 6) is -0.0252. The number of carbonyl (C=O) groups excluding carboxylic acids is 1. The summed E-state index contributed by atoms with van der Waals surface area (Å²) in [5, 5.41) is 6.12. The first-order chi connectivity index (χ1) is 12.4. The number of carbonyl (C=O) groups is 1. The molecule has 11 heteroatoms. The molecule has 142 valence electrons. The average molecular weight is 372 g/mol.